The van der Waals surface area contributed by atoms with Crippen LogP contribution in [0.5, 0.6) is 5.75 Å². The molecule has 0 radical (unpaired) electrons. The van der Waals surface area contributed by atoms with E-state index in [-0.39, 0.29) is 18.4 Å². The monoisotopic (exact) mass is 435 g/mol. The van der Waals surface area contributed by atoms with Crippen LogP contribution in [0.1, 0.15) is 27.0 Å². The summed E-state index contributed by atoms with van der Waals surface area (Å²) in [6.07, 6.45) is 1.52. The van der Waals surface area contributed by atoms with Crippen molar-refractivity contribution in [2.75, 3.05) is 11.9 Å². The maximum absolute atomic E-state index is 12.1. The minimum atomic E-state index is -0.331. The molecule has 0 spiro atoms. The number of rotatable bonds is 7. The van der Waals surface area contributed by atoms with E-state index < -0.39 is 0 Å². The van der Waals surface area contributed by atoms with Crippen molar-refractivity contribution in [1.29, 1.82) is 0 Å². The Kier molecular flexibility index (Phi) is 7.40. The number of halogens is 1. The number of anilines is 1. The molecule has 3 rings (SSSR count). The fourth-order valence-electron chi connectivity index (χ4n) is 2.65. The molecule has 0 atom stereocenters. The van der Waals surface area contributed by atoms with Crippen molar-refractivity contribution in [3.63, 3.8) is 0 Å². The Hall–Kier alpha value is -3.64. The first-order valence-electron chi connectivity index (χ1n) is 9.59. The Bertz CT molecular complexity index is 1090. The van der Waals surface area contributed by atoms with Crippen LogP contribution in [0.25, 0.3) is 0 Å². The summed E-state index contributed by atoms with van der Waals surface area (Å²) in [5.74, 6) is -0.0148. The van der Waals surface area contributed by atoms with Crippen molar-refractivity contribution in [2.24, 2.45) is 5.10 Å². The molecule has 3 aromatic rings. The molecule has 2 N–H and O–H groups in total. The average molecular weight is 436 g/mol. The maximum Gasteiger partial charge on any atom is 0.271 e. The van der Waals surface area contributed by atoms with Gasteiger partial charge in [-0.25, -0.2) is 5.43 Å². The number of nitrogens with zero attached hydrogens (tertiary/aromatic N) is 1. The zero-order valence-electron chi connectivity index (χ0n) is 17.2. The predicted octanol–water partition coefficient (Wildman–Crippen LogP) is 4.74. The lowest BCUT2D eigenvalue weighted by Gasteiger charge is -2.09. The Morgan fingerprint density at radius 2 is 1.68 bits per heavy atom. The molecule has 0 aliphatic heterocycles. The van der Waals surface area contributed by atoms with Gasteiger partial charge in [-0.2, -0.15) is 5.10 Å². The SMILES string of the molecule is Cc1ccc(NC(=O)COc2ccc(/C=N\NC(=O)c3ccc(Cl)cc3)cc2)cc1C. The van der Waals surface area contributed by atoms with Gasteiger partial charge < -0.3 is 10.1 Å². The second-order valence-electron chi connectivity index (χ2n) is 6.91. The van der Waals surface area contributed by atoms with Crippen LogP contribution < -0.4 is 15.5 Å². The largest absolute Gasteiger partial charge is 0.484 e. The van der Waals surface area contributed by atoms with E-state index in [0.29, 0.717) is 16.3 Å². The summed E-state index contributed by atoms with van der Waals surface area (Å²) in [5, 5.41) is 7.32. The summed E-state index contributed by atoms with van der Waals surface area (Å²) < 4.78 is 5.52. The molecule has 6 nitrogen and oxygen atoms in total. The Labute approximate surface area is 185 Å². The van der Waals surface area contributed by atoms with Gasteiger partial charge in [0.25, 0.3) is 11.8 Å². The fraction of sp³-hybridized carbons (Fsp3) is 0.125. The van der Waals surface area contributed by atoms with Crippen molar-refractivity contribution < 1.29 is 14.3 Å². The van der Waals surface area contributed by atoms with Crippen molar-refractivity contribution in [2.45, 2.75) is 13.8 Å². The number of nitrogens with one attached hydrogen (secondary N) is 2. The van der Waals surface area contributed by atoms with Crippen LogP contribution in [-0.4, -0.2) is 24.6 Å². The van der Waals surface area contributed by atoms with E-state index >= 15 is 0 Å². The van der Waals surface area contributed by atoms with E-state index in [9.17, 15) is 9.59 Å². The second-order valence-corrected chi connectivity index (χ2v) is 7.35. The third-order valence-electron chi connectivity index (χ3n) is 4.53. The van der Waals surface area contributed by atoms with E-state index in [2.05, 4.69) is 15.8 Å². The van der Waals surface area contributed by atoms with Crippen molar-refractivity contribution in [3.8, 4) is 5.75 Å². The highest BCUT2D eigenvalue weighted by Crippen LogP contribution is 2.15. The number of amides is 2. The third kappa shape index (κ3) is 6.69. The van der Waals surface area contributed by atoms with Gasteiger partial charge in [0.15, 0.2) is 6.61 Å². The van der Waals surface area contributed by atoms with Crippen LogP contribution in [0, 0.1) is 13.8 Å². The summed E-state index contributed by atoms with van der Waals surface area (Å²) in [6.45, 7) is 3.92. The lowest BCUT2D eigenvalue weighted by molar-refractivity contribution is -0.118. The van der Waals surface area contributed by atoms with Gasteiger partial charge in [0, 0.05) is 16.3 Å². The second kappa shape index (κ2) is 10.4. The van der Waals surface area contributed by atoms with Gasteiger partial charge >= 0.3 is 0 Å². The van der Waals surface area contributed by atoms with Crippen molar-refractivity contribution >= 4 is 35.3 Å². The summed E-state index contributed by atoms with van der Waals surface area (Å²) in [5.41, 5.74) is 6.70. The molecule has 0 fully saturated rings. The third-order valence-corrected chi connectivity index (χ3v) is 4.78. The highest BCUT2D eigenvalue weighted by molar-refractivity contribution is 6.30. The number of carbonyl (C=O) groups excluding carboxylic acids is 2. The fourth-order valence-corrected chi connectivity index (χ4v) is 2.77. The Morgan fingerprint density at radius 1 is 0.968 bits per heavy atom. The molecule has 0 bridgehead atoms. The Balaban J connectivity index is 1.46. The molecular weight excluding hydrogens is 414 g/mol. The first-order chi connectivity index (χ1) is 14.9. The molecular formula is C24H22ClN3O3. The smallest absolute Gasteiger partial charge is 0.271 e. The molecule has 0 saturated carbocycles. The Morgan fingerprint density at radius 3 is 2.35 bits per heavy atom. The zero-order valence-corrected chi connectivity index (χ0v) is 17.9. The first-order valence-corrected chi connectivity index (χ1v) is 9.97. The van der Waals surface area contributed by atoms with E-state index in [0.717, 1.165) is 16.8 Å². The number of ether oxygens (including phenoxy) is 1. The van der Waals surface area contributed by atoms with Gasteiger partial charge in [-0.15, -0.1) is 0 Å². The zero-order chi connectivity index (χ0) is 22.2. The number of hydrogen-bond acceptors (Lipinski definition) is 4. The molecule has 7 heteroatoms. The first kappa shape index (κ1) is 22.1. The minimum absolute atomic E-state index is 0.0997. The van der Waals surface area contributed by atoms with Gasteiger partial charge in [0.2, 0.25) is 0 Å². The molecule has 158 valence electrons. The summed E-state index contributed by atoms with van der Waals surface area (Å²) in [6, 6.07) is 19.3. The van der Waals surface area contributed by atoms with Gasteiger partial charge in [-0.05, 0) is 91.2 Å². The van der Waals surface area contributed by atoms with E-state index in [1.54, 1.807) is 48.5 Å². The average Bonchev–Trinajstić information content (AvgIpc) is 2.76. The quantitative estimate of drug-likeness (QED) is 0.415. The van der Waals surface area contributed by atoms with Gasteiger partial charge in [-0.3, -0.25) is 9.59 Å². The minimum Gasteiger partial charge on any atom is -0.484 e. The van der Waals surface area contributed by atoms with Gasteiger partial charge in [0.05, 0.1) is 6.21 Å². The maximum atomic E-state index is 12.1. The van der Waals surface area contributed by atoms with Gasteiger partial charge in [0.1, 0.15) is 5.75 Å². The molecule has 31 heavy (non-hydrogen) atoms. The summed E-state index contributed by atoms with van der Waals surface area (Å²) in [4.78, 5) is 24.1. The molecule has 0 unspecified atom stereocenters. The molecule has 0 heterocycles. The lowest BCUT2D eigenvalue weighted by atomic mass is 10.1. The lowest BCUT2D eigenvalue weighted by Crippen LogP contribution is -2.20. The van der Waals surface area contributed by atoms with Gasteiger partial charge in [-0.1, -0.05) is 17.7 Å². The normalized spacial score (nSPS) is 10.7. The number of hydrogen-bond donors (Lipinski definition) is 2. The number of aryl methyl sites for hydroxylation is 2. The number of carbonyl (C=O) groups is 2. The van der Waals surface area contributed by atoms with Crippen LogP contribution in [-0.2, 0) is 4.79 Å². The molecule has 3 aromatic carbocycles. The highest BCUT2D eigenvalue weighted by atomic mass is 35.5. The highest BCUT2D eigenvalue weighted by Gasteiger charge is 2.05. The van der Waals surface area contributed by atoms with Crippen LogP contribution in [0.4, 0.5) is 5.69 Å². The molecule has 0 aromatic heterocycles. The number of hydrazone groups is 1. The van der Waals surface area contributed by atoms with E-state index in [1.165, 1.54) is 11.8 Å². The van der Waals surface area contributed by atoms with Crippen LogP contribution in [0.3, 0.4) is 0 Å². The number of benzene rings is 3. The summed E-state index contributed by atoms with van der Waals surface area (Å²) in [7, 11) is 0. The topological polar surface area (TPSA) is 79.8 Å². The molecule has 0 aliphatic rings. The summed E-state index contributed by atoms with van der Waals surface area (Å²) >= 11 is 5.81. The van der Waals surface area contributed by atoms with Crippen LogP contribution in [0.15, 0.2) is 71.8 Å². The molecule has 0 aliphatic carbocycles. The molecule has 0 saturated heterocycles. The van der Waals surface area contributed by atoms with Crippen LogP contribution in [0.2, 0.25) is 5.02 Å². The van der Waals surface area contributed by atoms with Crippen molar-refractivity contribution in [1.82, 2.24) is 5.43 Å². The predicted molar refractivity (Wildman–Crippen MR) is 123 cm³/mol. The van der Waals surface area contributed by atoms with E-state index in [1.807, 2.05) is 32.0 Å². The molecule has 2 amide bonds. The standard InChI is InChI=1S/C24H22ClN3O3/c1-16-3-10-21(13-17(16)2)27-23(29)15-31-22-11-4-18(5-12-22)14-26-28-24(30)19-6-8-20(25)9-7-19/h3-14H,15H2,1-2H3,(H,27,29)(H,28,30)/b26-14-. The van der Waals surface area contributed by atoms with Crippen LogP contribution >= 0.6 is 11.6 Å². The van der Waals surface area contributed by atoms with E-state index in [4.69, 9.17) is 16.3 Å². The van der Waals surface area contributed by atoms with Crippen molar-refractivity contribution in [3.05, 3.63) is 94.0 Å².